The summed E-state index contributed by atoms with van der Waals surface area (Å²) in [6, 6.07) is 9.33. The topological polar surface area (TPSA) is 66.9 Å². The number of carbonyl (C=O) groups is 1. The van der Waals surface area contributed by atoms with Gasteiger partial charge in [0.25, 0.3) is 0 Å². The van der Waals surface area contributed by atoms with Crippen molar-refractivity contribution < 1.29 is 4.79 Å². The summed E-state index contributed by atoms with van der Waals surface area (Å²) < 4.78 is 0. The van der Waals surface area contributed by atoms with Crippen molar-refractivity contribution in [2.45, 2.75) is 13.0 Å². The van der Waals surface area contributed by atoms with Crippen LogP contribution in [-0.4, -0.2) is 22.5 Å². The first-order valence-electron chi connectivity index (χ1n) is 6.15. The average Bonchev–Trinajstić information content (AvgIpc) is 2.47. The third kappa shape index (κ3) is 4.75. The number of urea groups is 1. The lowest BCUT2D eigenvalue weighted by atomic mass is 10.3. The van der Waals surface area contributed by atoms with Gasteiger partial charge in [-0.25, -0.2) is 4.79 Å². The van der Waals surface area contributed by atoms with Gasteiger partial charge in [0.15, 0.2) is 0 Å². The molecule has 5 nitrogen and oxygen atoms in total. The van der Waals surface area contributed by atoms with Crippen LogP contribution in [0.3, 0.4) is 0 Å². The molecule has 19 heavy (non-hydrogen) atoms. The molecule has 0 fully saturated rings. The number of amides is 2. The fraction of sp³-hybridized carbons (Fsp3) is 0.214. The standard InChI is InChI=1S/C14H16N4O/c19-14(18-11-12-4-3-7-15-10-12)17-9-6-13-5-1-2-8-16-13/h1-5,7-8,10H,6,9,11H2,(H2,17,18,19). The monoisotopic (exact) mass is 256 g/mol. The van der Waals surface area contributed by atoms with Crippen molar-refractivity contribution in [2.75, 3.05) is 6.54 Å². The van der Waals surface area contributed by atoms with Gasteiger partial charge in [0.2, 0.25) is 0 Å². The van der Waals surface area contributed by atoms with Crippen molar-refractivity contribution in [1.29, 1.82) is 0 Å². The minimum Gasteiger partial charge on any atom is -0.338 e. The summed E-state index contributed by atoms with van der Waals surface area (Å²) in [7, 11) is 0. The van der Waals surface area contributed by atoms with Gasteiger partial charge >= 0.3 is 6.03 Å². The second kappa shape index (κ2) is 7.10. The second-order valence-electron chi connectivity index (χ2n) is 4.04. The summed E-state index contributed by atoms with van der Waals surface area (Å²) in [6.07, 6.45) is 5.91. The van der Waals surface area contributed by atoms with Gasteiger partial charge in [-0.3, -0.25) is 9.97 Å². The maximum absolute atomic E-state index is 11.5. The summed E-state index contributed by atoms with van der Waals surface area (Å²) in [5, 5.41) is 5.57. The molecule has 2 heterocycles. The molecule has 0 spiro atoms. The zero-order chi connectivity index (χ0) is 13.3. The largest absolute Gasteiger partial charge is 0.338 e. The first-order valence-corrected chi connectivity index (χ1v) is 6.15. The first kappa shape index (κ1) is 13.0. The van der Waals surface area contributed by atoms with E-state index in [0.717, 1.165) is 17.7 Å². The van der Waals surface area contributed by atoms with Crippen molar-refractivity contribution in [1.82, 2.24) is 20.6 Å². The third-order valence-electron chi connectivity index (χ3n) is 2.57. The predicted octanol–water partition coefficient (Wildman–Crippen LogP) is 1.52. The normalized spacial score (nSPS) is 9.89. The van der Waals surface area contributed by atoms with Crippen molar-refractivity contribution in [3.63, 3.8) is 0 Å². The predicted molar refractivity (Wildman–Crippen MR) is 72.4 cm³/mol. The summed E-state index contributed by atoms with van der Waals surface area (Å²) in [4.78, 5) is 19.7. The van der Waals surface area contributed by atoms with Gasteiger partial charge in [0.05, 0.1) is 0 Å². The zero-order valence-electron chi connectivity index (χ0n) is 10.5. The number of rotatable bonds is 5. The Morgan fingerprint density at radius 3 is 2.79 bits per heavy atom. The van der Waals surface area contributed by atoms with Gasteiger partial charge in [-0.15, -0.1) is 0 Å². The second-order valence-corrected chi connectivity index (χ2v) is 4.04. The van der Waals surface area contributed by atoms with Crippen LogP contribution in [0.15, 0.2) is 48.9 Å². The Bertz CT molecular complexity index is 501. The molecule has 5 heteroatoms. The maximum atomic E-state index is 11.5. The zero-order valence-corrected chi connectivity index (χ0v) is 10.5. The van der Waals surface area contributed by atoms with Gasteiger partial charge in [0, 0.05) is 43.8 Å². The number of nitrogens with zero attached hydrogens (tertiary/aromatic N) is 2. The lowest BCUT2D eigenvalue weighted by Crippen LogP contribution is -2.36. The van der Waals surface area contributed by atoms with Crippen molar-refractivity contribution in [3.05, 3.63) is 60.2 Å². The van der Waals surface area contributed by atoms with E-state index in [-0.39, 0.29) is 6.03 Å². The highest BCUT2D eigenvalue weighted by atomic mass is 16.2. The molecular formula is C14H16N4O. The van der Waals surface area contributed by atoms with Crippen LogP contribution in [0.25, 0.3) is 0 Å². The highest BCUT2D eigenvalue weighted by Gasteiger charge is 2.00. The summed E-state index contributed by atoms with van der Waals surface area (Å²) >= 11 is 0. The molecule has 2 N–H and O–H groups in total. The fourth-order valence-corrected chi connectivity index (χ4v) is 1.60. The number of nitrogens with one attached hydrogen (secondary N) is 2. The number of aromatic nitrogens is 2. The molecular weight excluding hydrogens is 240 g/mol. The number of hydrogen-bond acceptors (Lipinski definition) is 3. The van der Waals surface area contributed by atoms with E-state index >= 15 is 0 Å². The Hall–Kier alpha value is -2.43. The minimum absolute atomic E-state index is 0.181. The van der Waals surface area contributed by atoms with Gasteiger partial charge in [-0.2, -0.15) is 0 Å². The Balaban J connectivity index is 1.65. The van der Waals surface area contributed by atoms with Crippen molar-refractivity contribution >= 4 is 6.03 Å². The van der Waals surface area contributed by atoms with Crippen LogP contribution >= 0.6 is 0 Å². The van der Waals surface area contributed by atoms with E-state index < -0.39 is 0 Å². The van der Waals surface area contributed by atoms with Crippen LogP contribution < -0.4 is 10.6 Å². The molecule has 0 aliphatic carbocycles. The van der Waals surface area contributed by atoms with Crippen LogP contribution in [0.2, 0.25) is 0 Å². The molecule has 0 radical (unpaired) electrons. The van der Waals surface area contributed by atoms with Gasteiger partial charge < -0.3 is 10.6 Å². The molecule has 2 rings (SSSR count). The highest BCUT2D eigenvalue weighted by Crippen LogP contribution is 1.95. The first-order chi connectivity index (χ1) is 9.34. The van der Waals surface area contributed by atoms with Gasteiger partial charge in [-0.05, 0) is 23.8 Å². The van der Waals surface area contributed by atoms with E-state index in [1.54, 1.807) is 18.6 Å². The summed E-state index contributed by atoms with van der Waals surface area (Å²) in [5.41, 5.74) is 1.94. The van der Waals surface area contributed by atoms with E-state index in [1.165, 1.54) is 0 Å². The van der Waals surface area contributed by atoms with E-state index in [1.807, 2.05) is 30.3 Å². The van der Waals surface area contributed by atoms with Crippen LogP contribution in [-0.2, 0) is 13.0 Å². The van der Waals surface area contributed by atoms with E-state index in [0.29, 0.717) is 13.1 Å². The van der Waals surface area contributed by atoms with E-state index in [4.69, 9.17) is 0 Å². The quantitative estimate of drug-likeness (QED) is 0.852. The smallest absolute Gasteiger partial charge is 0.315 e. The number of carbonyl (C=O) groups excluding carboxylic acids is 1. The maximum Gasteiger partial charge on any atom is 0.315 e. The van der Waals surface area contributed by atoms with Crippen LogP contribution in [0.4, 0.5) is 4.79 Å². The van der Waals surface area contributed by atoms with Gasteiger partial charge in [-0.1, -0.05) is 12.1 Å². The Labute approximate surface area is 112 Å². The Kier molecular flexibility index (Phi) is 4.87. The lowest BCUT2D eigenvalue weighted by Gasteiger charge is -2.07. The molecule has 0 aliphatic heterocycles. The molecule has 2 amide bonds. The minimum atomic E-state index is -0.181. The molecule has 0 saturated carbocycles. The molecule has 0 aliphatic rings. The average molecular weight is 256 g/mol. The molecule has 0 aromatic carbocycles. The van der Waals surface area contributed by atoms with Crippen molar-refractivity contribution in [3.8, 4) is 0 Å². The molecule has 0 unspecified atom stereocenters. The van der Waals surface area contributed by atoms with Crippen LogP contribution in [0.1, 0.15) is 11.3 Å². The SMILES string of the molecule is O=C(NCCc1ccccn1)NCc1cccnc1. The number of hydrogen-bond donors (Lipinski definition) is 2. The van der Waals surface area contributed by atoms with Crippen molar-refractivity contribution in [2.24, 2.45) is 0 Å². The van der Waals surface area contributed by atoms with E-state index in [9.17, 15) is 4.79 Å². The molecule has 98 valence electrons. The Morgan fingerprint density at radius 1 is 1.11 bits per heavy atom. The van der Waals surface area contributed by atoms with Crippen LogP contribution in [0, 0.1) is 0 Å². The van der Waals surface area contributed by atoms with Crippen LogP contribution in [0.5, 0.6) is 0 Å². The number of pyridine rings is 2. The molecule has 2 aromatic rings. The molecule has 2 aromatic heterocycles. The fourth-order valence-electron chi connectivity index (χ4n) is 1.60. The summed E-state index contributed by atoms with van der Waals surface area (Å²) in [5.74, 6) is 0. The third-order valence-corrected chi connectivity index (χ3v) is 2.57. The highest BCUT2D eigenvalue weighted by molar-refractivity contribution is 5.73. The molecule has 0 bridgehead atoms. The summed E-state index contributed by atoms with van der Waals surface area (Å²) in [6.45, 7) is 1.04. The van der Waals surface area contributed by atoms with Gasteiger partial charge in [0.1, 0.15) is 0 Å². The van der Waals surface area contributed by atoms with E-state index in [2.05, 4.69) is 20.6 Å². The Morgan fingerprint density at radius 2 is 2.05 bits per heavy atom. The molecule has 0 saturated heterocycles. The lowest BCUT2D eigenvalue weighted by molar-refractivity contribution is 0.240. The molecule has 0 atom stereocenters.